The molecule has 0 spiro atoms. The first-order valence-corrected chi connectivity index (χ1v) is 6.70. The summed E-state index contributed by atoms with van der Waals surface area (Å²) >= 11 is 0. The molecule has 1 heterocycles. The van der Waals surface area contributed by atoms with E-state index in [2.05, 4.69) is 20.6 Å². The number of urea groups is 1. The summed E-state index contributed by atoms with van der Waals surface area (Å²) in [6.45, 7) is 2.38. The summed E-state index contributed by atoms with van der Waals surface area (Å²) in [6, 6.07) is 6.00. The predicted octanol–water partition coefficient (Wildman–Crippen LogP) is 0.323. The van der Waals surface area contributed by atoms with E-state index in [1.165, 1.54) is 0 Å². The minimum Gasteiger partial charge on any atom is -0.337 e. The fourth-order valence-corrected chi connectivity index (χ4v) is 1.91. The fraction of sp³-hybridized carbons (Fsp3) is 0.214. The first-order chi connectivity index (χ1) is 10.5. The number of carbonyl (C=O) groups excluding carboxylic acids is 2. The number of rotatable bonds is 5. The van der Waals surface area contributed by atoms with Gasteiger partial charge in [-0.25, -0.2) is 9.59 Å². The second-order valence-electron chi connectivity index (χ2n) is 4.66. The molecule has 22 heavy (non-hydrogen) atoms. The molecular formula is C14H17N5O3. The highest BCUT2D eigenvalue weighted by Gasteiger charge is 2.14. The van der Waals surface area contributed by atoms with Crippen molar-refractivity contribution in [2.24, 2.45) is 5.73 Å². The Kier molecular flexibility index (Phi) is 4.74. The highest BCUT2D eigenvalue weighted by atomic mass is 16.2. The van der Waals surface area contributed by atoms with Gasteiger partial charge in [-0.05, 0) is 31.2 Å². The van der Waals surface area contributed by atoms with Crippen molar-refractivity contribution in [1.29, 1.82) is 0 Å². The molecule has 0 unspecified atom stereocenters. The molecule has 8 heteroatoms. The van der Waals surface area contributed by atoms with Crippen molar-refractivity contribution in [2.75, 3.05) is 18.4 Å². The van der Waals surface area contributed by atoms with E-state index in [-0.39, 0.29) is 17.5 Å². The van der Waals surface area contributed by atoms with E-state index < -0.39 is 5.69 Å². The molecular weight excluding hydrogens is 286 g/mol. The Bertz CT molecular complexity index is 730. The summed E-state index contributed by atoms with van der Waals surface area (Å²) < 4.78 is 0. The van der Waals surface area contributed by atoms with Crippen molar-refractivity contribution in [1.82, 2.24) is 15.3 Å². The third-order valence-corrected chi connectivity index (χ3v) is 2.98. The lowest BCUT2D eigenvalue weighted by Gasteiger charge is -2.07. The van der Waals surface area contributed by atoms with Crippen LogP contribution in [0.1, 0.15) is 21.7 Å². The van der Waals surface area contributed by atoms with Crippen molar-refractivity contribution in [2.45, 2.75) is 6.92 Å². The van der Waals surface area contributed by atoms with Gasteiger partial charge in [0, 0.05) is 30.0 Å². The molecule has 2 aromatic rings. The molecule has 0 bridgehead atoms. The van der Waals surface area contributed by atoms with Gasteiger partial charge in [-0.15, -0.1) is 0 Å². The summed E-state index contributed by atoms with van der Waals surface area (Å²) in [6.07, 6.45) is 0. The standard InChI is InChI=1S/C14H17N5O3/c1-8-11(19-14(22)17-8)12(20)9-2-4-10(5-3-9)18-13(21)16-7-6-15/h2-5H,6-7,15H2,1H3,(H2,16,18,21)(H2,17,19,22). The maximum Gasteiger partial charge on any atom is 0.323 e. The van der Waals surface area contributed by atoms with E-state index in [4.69, 9.17) is 5.73 Å². The average molecular weight is 303 g/mol. The van der Waals surface area contributed by atoms with Crippen LogP contribution >= 0.6 is 0 Å². The second kappa shape index (κ2) is 6.72. The highest BCUT2D eigenvalue weighted by Crippen LogP contribution is 2.13. The van der Waals surface area contributed by atoms with Crippen LogP contribution in [0.4, 0.5) is 10.5 Å². The smallest absolute Gasteiger partial charge is 0.323 e. The molecule has 0 aliphatic carbocycles. The number of amides is 2. The number of carbonyl (C=O) groups is 2. The Morgan fingerprint density at radius 2 is 1.86 bits per heavy atom. The van der Waals surface area contributed by atoms with E-state index in [0.29, 0.717) is 30.0 Å². The van der Waals surface area contributed by atoms with Crippen molar-refractivity contribution < 1.29 is 9.59 Å². The van der Waals surface area contributed by atoms with Crippen molar-refractivity contribution in [3.63, 3.8) is 0 Å². The zero-order valence-electron chi connectivity index (χ0n) is 12.0. The maximum absolute atomic E-state index is 12.3. The Hall–Kier alpha value is -2.87. The van der Waals surface area contributed by atoms with Gasteiger partial charge in [0.25, 0.3) is 0 Å². The number of ketones is 1. The summed E-state index contributed by atoms with van der Waals surface area (Å²) in [5.74, 6) is -0.296. The SMILES string of the molecule is Cc1[nH]c(=O)[nH]c1C(=O)c1ccc(NC(=O)NCCN)cc1. The molecule has 0 aliphatic rings. The Morgan fingerprint density at radius 3 is 2.41 bits per heavy atom. The summed E-state index contributed by atoms with van der Waals surface area (Å²) in [5, 5.41) is 5.19. The number of H-pyrrole nitrogens is 2. The van der Waals surface area contributed by atoms with Gasteiger partial charge in [-0.3, -0.25) is 4.79 Å². The van der Waals surface area contributed by atoms with Gasteiger partial charge >= 0.3 is 11.7 Å². The van der Waals surface area contributed by atoms with Crippen LogP contribution in [-0.4, -0.2) is 34.9 Å². The number of imidazole rings is 1. The van der Waals surface area contributed by atoms with E-state index >= 15 is 0 Å². The van der Waals surface area contributed by atoms with Gasteiger partial charge in [0.1, 0.15) is 5.69 Å². The molecule has 0 fully saturated rings. The molecule has 0 atom stereocenters. The number of aromatic amines is 2. The Labute approximate surface area is 126 Å². The number of aryl methyl sites for hydroxylation is 1. The summed E-state index contributed by atoms with van der Waals surface area (Å²) in [7, 11) is 0. The minimum absolute atomic E-state index is 0.228. The fourth-order valence-electron chi connectivity index (χ4n) is 1.91. The van der Waals surface area contributed by atoms with Crippen molar-refractivity contribution in [3.05, 3.63) is 51.7 Å². The topological polar surface area (TPSA) is 133 Å². The largest absolute Gasteiger partial charge is 0.337 e. The zero-order valence-corrected chi connectivity index (χ0v) is 12.0. The predicted molar refractivity (Wildman–Crippen MR) is 82.1 cm³/mol. The lowest BCUT2D eigenvalue weighted by molar-refractivity contribution is 0.103. The molecule has 0 aliphatic heterocycles. The molecule has 0 saturated carbocycles. The van der Waals surface area contributed by atoms with Gasteiger partial charge < -0.3 is 26.3 Å². The van der Waals surface area contributed by atoms with E-state index in [9.17, 15) is 14.4 Å². The third-order valence-electron chi connectivity index (χ3n) is 2.98. The maximum atomic E-state index is 12.3. The normalized spacial score (nSPS) is 10.3. The quantitative estimate of drug-likeness (QED) is 0.509. The summed E-state index contributed by atoms with van der Waals surface area (Å²) in [5.41, 5.74) is 6.53. The number of hydrogen-bond acceptors (Lipinski definition) is 4. The molecule has 116 valence electrons. The van der Waals surface area contributed by atoms with Gasteiger partial charge in [0.2, 0.25) is 5.78 Å². The van der Waals surface area contributed by atoms with E-state index in [1.807, 2.05) is 0 Å². The van der Waals surface area contributed by atoms with Crippen LogP contribution in [0.3, 0.4) is 0 Å². The average Bonchev–Trinajstić information content (AvgIpc) is 2.84. The first kappa shape index (κ1) is 15.5. The molecule has 0 radical (unpaired) electrons. The van der Waals surface area contributed by atoms with Crippen LogP contribution in [0, 0.1) is 6.92 Å². The summed E-state index contributed by atoms with van der Waals surface area (Å²) in [4.78, 5) is 39.9. The molecule has 1 aromatic heterocycles. The van der Waals surface area contributed by atoms with Crippen LogP contribution in [0.15, 0.2) is 29.1 Å². The molecule has 0 saturated heterocycles. The van der Waals surface area contributed by atoms with Crippen molar-refractivity contribution >= 4 is 17.5 Å². The number of nitrogens with two attached hydrogens (primary N) is 1. The Morgan fingerprint density at radius 1 is 1.18 bits per heavy atom. The second-order valence-corrected chi connectivity index (χ2v) is 4.66. The van der Waals surface area contributed by atoms with Gasteiger partial charge in [0.05, 0.1) is 0 Å². The number of benzene rings is 1. The van der Waals surface area contributed by atoms with Crippen LogP contribution in [0.25, 0.3) is 0 Å². The number of nitrogens with one attached hydrogen (secondary N) is 4. The van der Waals surface area contributed by atoms with E-state index in [1.54, 1.807) is 31.2 Å². The molecule has 1 aromatic carbocycles. The number of aromatic nitrogens is 2. The van der Waals surface area contributed by atoms with Crippen molar-refractivity contribution in [3.8, 4) is 0 Å². The minimum atomic E-state index is -0.421. The van der Waals surface area contributed by atoms with Crippen LogP contribution in [0.2, 0.25) is 0 Å². The van der Waals surface area contributed by atoms with Gasteiger partial charge in [-0.2, -0.15) is 0 Å². The van der Waals surface area contributed by atoms with Crippen LogP contribution in [0.5, 0.6) is 0 Å². The van der Waals surface area contributed by atoms with Gasteiger partial charge in [0.15, 0.2) is 0 Å². The van der Waals surface area contributed by atoms with Gasteiger partial charge in [-0.1, -0.05) is 0 Å². The number of anilines is 1. The Balaban J connectivity index is 2.08. The zero-order chi connectivity index (χ0) is 16.1. The lowest BCUT2D eigenvalue weighted by Crippen LogP contribution is -2.32. The van der Waals surface area contributed by atoms with E-state index in [0.717, 1.165) is 0 Å². The first-order valence-electron chi connectivity index (χ1n) is 6.70. The highest BCUT2D eigenvalue weighted by molar-refractivity contribution is 6.08. The third kappa shape index (κ3) is 3.61. The number of hydrogen-bond donors (Lipinski definition) is 5. The molecule has 2 rings (SSSR count). The molecule has 2 amide bonds. The lowest BCUT2D eigenvalue weighted by atomic mass is 10.1. The van der Waals surface area contributed by atoms with Crippen LogP contribution in [-0.2, 0) is 0 Å². The monoisotopic (exact) mass is 303 g/mol. The molecule has 6 N–H and O–H groups in total. The molecule has 8 nitrogen and oxygen atoms in total. The van der Waals surface area contributed by atoms with Crippen LogP contribution < -0.4 is 22.1 Å².